The van der Waals surface area contributed by atoms with Gasteiger partial charge < -0.3 is 20.3 Å². The lowest BCUT2D eigenvalue weighted by atomic mass is 9.62. The summed E-state index contributed by atoms with van der Waals surface area (Å²) in [5.41, 5.74) is 7.47. The summed E-state index contributed by atoms with van der Waals surface area (Å²) >= 11 is 0. The number of piperidine rings is 1. The molecule has 1 saturated carbocycles. The summed E-state index contributed by atoms with van der Waals surface area (Å²) in [5, 5.41) is 0. The van der Waals surface area contributed by atoms with E-state index in [-0.39, 0.29) is 23.5 Å². The molecule has 3 aliphatic rings. The molecule has 1 spiro atoms. The topological polar surface area (TPSA) is 93.3 Å². The van der Waals surface area contributed by atoms with E-state index in [9.17, 15) is 4.39 Å². The molecule has 1 aliphatic carbocycles. The summed E-state index contributed by atoms with van der Waals surface area (Å²) in [6.45, 7) is 7.48. The highest BCUT2D eigenvalue weighted by molar-refractivity contribution is 5.64. The average Bonchev–Trinajstić information content (AvgIpc) is 2.79. The molecular weight excluding hydrogens is 409 g/mol. The first-order valence-corrected chi connectivity index (χ1v) is 11.7. The fraction of sp³-hybridized carbons (Fsp3) is 0.652. The Morgan fingerprint density at radius 2 is 1.91 bits per heavy atom. The number of nitrogen functional groups attached to an aromatic ring is 1. The molecule has 2 aromatic rings. The monoisotopic (exact) mass is 441 g/mol. The molecule has 9 heteroatoms. The number of nitrogens with zero attached hydrogens (tertiary/aromatic N) is 6. The third-order valence-corrected chi connectivity index (χ3v) is 7.34. The molecule has 0 radical (unpaired) electrons. The van der Waals surface area contributed by atoms with Crippen molar-refractivity contribution in [2.24, 2.45) is 5.41 Å². The Morgan fingerprint density at radius 3 is 2.56 bits per heavy atom. The van der Waals surface area contributed by atoms with Crippen LogP contribution >= 0.6 is 0 Å². The van der Waals surface area contributed by atoms with Crippen molar-refractivity contribution in [3.8, 4) is 11.3 Å². The molecule has 4 heterocycles. The van der Waals surface area contributed by atoms with Gasteiger partial charge >= 0.3 is 0 Å². The van der Waals surface area contributed by atoms with Crippen molar-refractivity contribution in [1.29, 1.82) is 0 Å². The van der Waals surface area contributed by atoms with Gasteiger partial charge in [-0.2, -0.15) is 4.98 Å². The van der Waals surface area contributed by atoms with Crippen molar-refractivity contribution in [3.63, 3.8) is 0 Å². The lowest BCUT2D eigenvalue weighted by molar-refractivity contribution is 0.00430. The number of alkyl halides is 1. The molecule has 2 aromatic heterocycles. The Kier molecular flexibility index (Phi) is 5.61. The van der Waals surface area contributed by atoms with Gasteiger partial charge in [0.15, 0.2) is 0 Å². The van der Waals surface area contributed by atoms with Gasteiger partial charge in [-0.3, -0.25) is 0 Å². The van der Waals surface area contributed by atoms with Crippen molar-refractivity contribution in [2.75, 3.05) is 41.8 Å². The zero-order chi connectivity index (χ0) is 22.3. The zero-order valence-corrected chi connectivity index (χ0v) is 18.9. The van der Waals surface area contributed by atoms with Crippen LogP contribution < -0.4 is 15.5 Å². The van der Waals surface area contributed by atoms with Gasteiger partial charge in [0.05, 0.1) is 24.4 Å². The second-order valence-corrected chi connectivity index (χ2v) is 9.60. The molecule has 0 bridgehead atoms. The van der Waals surface area contributed by atoms with E-state index < -0.39 is 6.17 Å². The molecule has 0 amide bonds. The van der Waals surface area contributed by atoms with Gasteiger partial charge in [-0.25, -0.2) is 19.3 Å². The van der Waals surface area contributed by atoms with E-state index in [1.54, 1.807) is 12.4 Å². The molecule has 2 aliphatic heterocycles. The summed E-state index contributed by atoms with van der Waals surface area (Å²) in [6.07, 6.45) is 7.35. The largest absolute Gasteiger partial charge is 0.374 e. The van der Waals surface area contributed by atoms with Crippen molar-refractivity contribution in [3.05, 3.63) is 18.5 Å². The summed E-state index contributed by atoms with van der Waals surface area (Å²) in [6, 6.07) is 2.23. The molecule has 5 rings (SSSR count). The van der Waals surface area contributed by atoms with E-state index in [0.29, 0.717) is 25.4 Å². The number of nitrogens with two attached hydrogens (primary N) is 1. The van der Waals surface area contributed by atoms with E-state index in [2.05, 4.69) is 33.6 Å². The molecule has 2 saturated heterocycles. The van der Waals surface area contributed by atoms with Crippen molar-refractivity contribution in [2.45, 2.75) is 64.3 Å². The van der Waals surface area contributed by atoms with Gasteiger partial charge in [0, 0.05) is 43.7 Å². The Labute approximate surface area is 188 Å². The van der Waals surface area contributed by atoms with E-state index in [0.717, 1.165) is 56.0 Å². The quantitative estimate of drug-likeness (QED) is 0.773. The number of aromatic nitrogens is 4. The van der Waals surface area contributed by atoms with Crippen LogP contribution in [0.15, 0.2) is 18.5 Å². The van der Waals surface area contributed by atoms with E-state index in [1.165, 1.54) is 0 Å². The maximum atomic E-state index is 13.5. The van der Waals surface area contributed by atoms with Crippen LogP contribution in [0.4, 0.5) is 22.1 Å². The average molecular weight is 442 g/mol. The number of ether oxygens (including phenoxy) is 1. The normalized spacial score (nSPS) is 25.7. The van der Waals surface area contributed by atoms with Crippen LogP contribution in [0, 0.1) is 5.41 Å². The first kappa shape index (κ1) is 21.3. The van der Waals surface area contributed by atoms with Gasteiger partial charge in [-0.15, -0.1) is 0 Å². The van der Waals surface area contributed by atoms with Gasteiger partial charge in [-0.05, 0) is 44.4 Å². The zero-order valence-electron chi connectivity index (χ0n) is 18.9. The van der Waals surface area contributed by atoms with Gasteiger partial charge in [0.25, 0.3) is 0 Å². The van der Waals surface area contributed by atoms with Gasteiger partial charge in [0.2, 0.25) is 11.9 Å². The number of morpholine rings is 1. The lowest BCUT2D eigenvalue weighted by Crippen LogP contribution is -2.49. The predicted octanol–water partition coefficient (Wildman–Crippen LogP) is 3.24. The Bertz CT molecular complexity index is 940. The van der Waals surface area contributed by atoms with Gasteiger partial charge in [0.1, 0.15) is 12.0 Å². The van der Waals surface area contributed by atoms with E-state index in [4.69, 9.17) is 20.4 Å². The molecule has 3 fully saturated rings. The SMILES string of the molecule is CC[C@H]1CN(c2cc(-c3cnc(N)nc3)nc(N3CCC4(CC3)CC(F)C4)n2)[C@@H](C)CO1. The standard InChI is InChI=1S/C23H32FN7O/c1-3-18-13-31(15(2)14-32-18)20-8-19(16-11-26-21(25)27-12-16)28-22(29-20)30-6-4-23(5-7-30)9-17(24)10-23/h8,11-12,15,17-18H,3-7,9-10,13-14H2,1-2H3,(H2,25,26,27)/t15-,18-/m0/s1. The molecule has 2 atom stereocenters. The molecular formula is C23H32FN7O. The Morgan fingerprint density at radius 1 is 1.19 bits per heavy atom. The van der Waals surface area contributed by atoms with Crippen LogP contribution in [0.1, 0.15) is 46.0 Å². The summed E-state index contributed by atoms with van der Waals surface area (Å²) in [7, 11) is 0. The van der Waals surface area contributed by atoms with E-state index in [1.807, 2.05) is 6.07 Å². The minimum absolute atomic E-state index is 0.189. The second-order valence-electron chi connectivity index (χ2n) is 9.60. The highest BCUT2D eigenvalue weighted by Gasteiger charge is 2.46. The summed E-state index contributed by atoms with van der Waals surface area (Å²) in [4.78, 5) is 22.7. The molecule has 32 heavy (non-hydrogen) atoms. The van der Waals surface area contributed by atoms with Crippen LogP contribution in [-0.4, -0.2) is 64.5 Å². The maximum Gasteiger partial charge on any atom is 0.227 e. The van der Waals surface area contributed by atoms with Crippen LogP contribution in [0.5, 0.6) is 0 Å². The number of rotatable bonds is 4. The summed E-state index contributed by atoms with van der Waals surface area (Å²) < 4.78 is 19.5. The second kappa shape index (κ2) is 8.42. The smallest absolute Gasteiger partial charge is 0.227 e. The molecule has 0 unspecified atom stereocenters. The number of hydrogen-bond acceptors (Lipinski definition) is 8. The fourth-order valence-electron chi connectivity index (χ4n) is 5.18. The summed E-state index contributed by atoms with van der Waals surface area (Å²) in [5.74, 6) is 1.85. The highest BCUT2D eigenvalue weighted by Crippen LogP contribution is 2.50. The minimum atomic E-state index is -0.618. The molecule has 8 nitrogen and oxygen atoms in total. The van der Waals surface area contributed by atoms with Crippen LogP contribution in [-0.2, 0) is 4.74 Å². The molecule has 2 N–H and O–H groups in total. The maximum absolute atomic E-state index is 13.5. The molecule has 0 aromatic carbocycles. The van der Waals surface area contributed by atoms with E-state index >= 15 is 0 Å². The van der Waals surface area contributed by atoms with Crippen LogP contribution in [0.3, 0.4) is 0 Å². The highest BCUT2D eigenvalue weighted by atomic mass is 19.1. The van der Waals surface area contributed by atoms with Crippen LogP contribution in [0.2, 0.25) is 0 Å². The first-order valence-electron chi connectivity index (χ1n) is 11.7. The number of hydrogen-bond donors (Lipinski definition) is 1. The van der Waals surface area contributed by atoms with Crippen molar-refractivity contribution < 1.29 is 9.13 Å². The minimum Gasteiger partial charge on any atom is -0.374 e. The third-order valence-electron chi connectivity index (χ3n) is 7.34. The lowest BCUT2D eigenvalue weighted by Gasteiger charge is -2.49. The van der Waals surface area contributed by atoms with Crippen molar-refractivity contribution in [1.82, 2.24) is 19.9 Å². The number of anilines is 3. The van der Waals surface area contributed by atoms with Crippen molar-refractivity contribution >= 4 is 17.7 Å². The Balaban J connectivity index is 1.46. The Hall–Kier alpha value is -2.55. The van der Waals surface area contributed by atoms with Crippen LogP contribution in [0.25, 0.3) is 11.3 Å². The first-order chi connectivity index (χ1) is 15.4. The fourth-order valence-corrected chi connectivity index (χ4v) is 5.18. The molecule has 172 valence electrons. The van der Waals surface area contributed by atoms with Gasteiger partial charge in [-0.1, -0.05) is 6.92 Å². The third kappa shape index (κ3) is 4.10. The number of halogens is 1. The predicted molar refractivity (Wildman–Crippen MR) is 122 cm³/mol.